The zero-order chi connectivity index (χ0) is 13.0. The van der Waals surface area contributed by atoms with Crippen LogP contribution in [-0.4, -0.2) is 28.9 Å². The van der Waals surface area contributed by atoms with Crippen LogP contribution in [0.1, 0.15) is 28.9 Å². The molecule has 0 atom stereocenters. The second kappa shape index (κ2) is 3.56. The highest BCUT2D eigenvalue weighted by molar-refractivity contribution is 6.06. The second-order valence-corrected chi connectivity index (χ2v) is 5.99. The molecule has 1 aromatic carbocycles. The van der Waals surface area contributed by atoms with Crippen LogP contribution in [0.4, 0.5) is 0 Å². The van der Waals surface area contributed by atoms with Crippen LogP contribution in [0.25, 0.3) is 10.9 Å². The maximum atomic E-state index is 12.6. The first-order chi connectivity index (χ1) is 9.17. The van der Waals surface area contributed by atoms with Gasteiger partial charge in [0.2, 0.25) is 0 Å². The monoisotopic (exact) mass is 252 g/mol. The van der Waals surface area contributed by atoms with Gasteiger partial charge in [-0.25, -0.2) is 0 Å². The number of para-hydroxylation sites is 1. The molecule has 2 heterocycles. The fraction of sp³-hybridized carbons (Fsp3) is 0.375. The number of carbonyl (C=O) groups is 1. The summed E-state index contributed by atoms with van der Waals surface area (Å²) in [6.07, 6.45) is 2.60. The zero-order valence-electron chi connectivity index (χ0n) is 11.0. The van der Waals surface area contributed by atoms with Crippen LogP contribution in [0.3, 0.4) is 0 Å². The minimum atomic E-state index is 0.166. The average Bonchev–Trinajstić information content (AvgIpc) is 3.15. The molecular weight excluding hydrogens is 236 g/mol. The smallest absolute Gasteiger partial charge is 0.254 e. The number of nitrogens with zero attached hydrogens (tertiary/aromatic N) is 2. The van der Waals surface area contributed by atoms with Crippen molar-refractivity contribution in [2.75, 3.05) is 13.1 Å². The van der Waals surface area contributed by atoms with Gasteiger partial charge in [-0.05, 0) is 31.9 Å². The van der Waals surface area contributed by atoms with Gasteiger partial charge in [-0.1, -0.05) is 18.2 Å². The molecule has 0 unspecified atom stereocenters. The predicted octanol–water partition coefficient (Wildman–Crippen LogP) is 2.78. The maximum Gasteiger partial charge on any atom is 0.254 e. The molecule has 1 aliphatic heterocycles. The molecule has 19 heavy (non-hydrogen) atoms. The summed E-state index contributed by atoms with van der Waals surface area (Å²) < 4.78 is 0. The highest BCUT2D eigenvalue weighted by Gasteiger charge is 2.53. The van der Waals surface area contributed by atoms with Crippen LogP contribution in [-0.2, 0) is 0 Å². The topological polar surface area (TPSA) is 33.2 Å². The van der Waals surface area contributed by atoms with Crippen molar-refractivity contribution in [3.63, 3.8) is 0 Å². The SMILES string of the molecule is Cc1cc(C(=O)N2CC3(CC3)C2)c2ccccc2n1. The summed E-state index contributed by atoms with van der Waals surface area (Å²) >= 11 is 0. The van der Waals surface area contributed by atoms with Gasteiger partial charge in [0.25, 0.3) is 5.91 Å². The van der Waals surface area contributed by atoms with Crippen LogP contribution >= 0.6 is 0 Å². The lowest BCUT2D eigenvalue weighted by Gasteiger charge is -2.40. The predicted molar refractivity (Wildman–Crippen MR) is 74.1 cm³/mol. The van der Waals surface area contributed by atoms with E-state index in [1.165, 1.54) is 12.8 Å². The summed E-state index contributed by atoms with van der Waals surface area (Å²) in [4.78, 5) is 19.1. The van der Waals surface area contributed by atoms with Crippen LogP contribution in [0, 0.1) is 12.3 Å². The molecule has 1 spiro atoms. The van der Waals surface area contributed by atoms with Gasteiger partial charge < -0.3 is 4.90 Å². The molecule has 1 aromatic heterocycles. The molecule has 0 N–H and O–H groups in total. The van der Waals surface area contributed by atoms with Crippen LogP contribution in [0.15, 0.2) is 30.3 Å². The minimum absolute atomic E-state index is 0.166. The lowest BCUT2D eigenvalue weighted by molar-refractivity contribution is 0.0445. The van der Waals surface area contributed by atoms with E-state index in [2.05, 4.69) is 4.98 Å². The Morgan fingerprint density at radius 3 is 2.74 bits per heavy atom. The quantitative estimate of drug-likeness (QED) is 0.782. The highest BCUT2D eigenvalue weighted by atomic mass is 16.2. The third-order valence-corrected chi connectivity index (χ3v) is 4.37. The number of hydrogen-bond acceptors (Lipinski definition) is 2. The van der Waals surface area contributed by atoms with Crippen molar-refractivity contribution < 1.29 is 4.79 Å². The Morgan fingerprint density at radius 2 is 2.00 bits per heavy atom. The molecule has 3 heteroatoms. The number of hydrogen-bond donors (Lipinski definition) is 0. The van der Waals surface area contributed by atoms with E-state index in [1.54, 1.807) is 0 Å². The number of aryl methyl sites for hydroxylation is 1. The summed E-state index contributed by atoms with van der Waals surface area (Å²) in [6.45, 7) is 3.84. The number of likely N-dealkylation sites (tertiary alicyclic amines) is 1. The summed E-state index contributed by atoms with van der Waals surface area (Å²) in [5.74, 6) is 0.166. The number of carbonyl (C=O) groups excluding carboxylic acids is 1. The first kappa shape index (κ1) is 11.0. The second-order valence-electron chi connectivity index (χ2n) is 5.99. The molecule has 2 aliphatic rings. The number of fused-ring (bicyclic) bond motifs is 1. The Hall–Kier alpha value is -1.90. The molecule has 1 saturated heterocycles. The Kier molecular flexibility index (Phi) is 2.06. The molecule has 0 bridgehead atoms. The molecule has 1 aliphatic carbocycles. The fourth-order valence-corrected chi connectivity index (χ4v) is 3.06. The molecule has 4 rings (SSSR count). The maximum absolute atomic E-state index is 12.6. The summed E-state index contributed by atoms with van der Waals surface area (Å²) in [7, 11) is 0. The Bertz CT molecular complexity index is 680. The van der Waals surface area contributed by atoms with Crippen molar-refractivity contribution in [3.8, 4) is 0 Å². The van der Waals surface area contributed by atoms with Crippen LogP contribution < -0.4 is 0 Å². The minimum Gasteiger partial charge on any atom is -0.337 e. The number of rotatable bonds is 1. The van der Waals surface area contributed by atoms with E-state index < -0.39 is 0 Å². The highest BCUT2D eigenvalue weighted by Crippen LogP contribution is 2.53. The van der Waals surface area contributed by atoms with Gasteiger partial charge in [-0.15, -0.1) is 0 Å². The third-order valence-electron chi connectivity index (χ3n) is 4.37. The van der Waals surface area contributed by atoms with Crippen LogP contribution in [0.5, 0.6) is 0 Å². The van der Waals surface area contributed by atoms with Crippen molar-refractivity contribution in [1.82, 2.24) is 9.88 Å². The first-order valence-electron chi connectivity index (χ1n) is 6.83. The van der Waals surface area contributed by atoms with E-state index >= 15 is 0 Å². The normalized spacial score (nSPS) is 19.5. The number of aromatic nitrogens is 1. The number of amides is 1. The van der Waals surface area contributed by atoms with E-state index in [0.29, 0.717) is 5.41 Å². The Morgan fingerprint density at radius 1 is 1.26 bits per heavy atom. The molecule has 0 radical (unpaired) electrons. The van der Waals surface area contributed by atoms with Crippen molar-refractivity contribution in [1.29, 1.82) is 0 Å². The van der Waals surface area contributed by atoms with Gasteiger partial charge in [0.1, 0.15) is 0 Å². The first-order valence-corrected chi connectivity index (χ1v) is 6.83. The lowest BCUT2D eigenvalue weighted by Crippen LogP contribution is -2.51. The molecule has 1 saturated carbocycles. The van der Waals surface area contributed by atoms with Crippen LogP contribution in [0.2, 0.25) is 0 Å². The zero-order valence-corrected chi connectivity index (χ0v) is 11.0. The molecule has 3 nitrogen and oxygen atoms in total. The lowest BCUT2D eigenvalue weighted by atomic mass is 9.95. The van der Waals surface area contributed by atoms with Gasteiger partial charge in [-0.3, -0.25) is 9.78 Å². The van der Waals surface area contributed by atoms with Gasteiger partial charge >= 0.3 is 0 Å². The van der Waals surface area contributed by atoms with E-state index in [-0.39, 0.29) is 5.91 Å². The van der Waals surface area contributed by atoms with Crippen molar-refractivity contribution in [2.45, 2.75) is 19.8 Å². The molecule has 2 fully saturated rings. The van der Waals surface area contributed by atoms with Crippen molar-refractivity contribution in [3.05, 3.63) is 41.6 Å². The molecule has 1 amide bonds. The van der Waals surface area contributed by atoms with E-state index in [1.807, 2.05) is 42.2 Å². The summed E-state index contributed by atoms with van der Waals surface area (Å²) in [5, 5.41) is 0.967. The van der Waals surface area contributed by atoms with E-state index in [0.717, 1.165) is 35.2 Å². The third kappa shape index (κ3) is 1.65. The van der Waals surface area contributed by atoms with Crippen molar-refractivity contribution >= 4 is 16.8 Å². The largest absolute Gasteiger partial charge is 0.337 e. The van der Waals surface area contributed by atoms with Gasteiger partial charge in [0.05, 0.1) is 11.1 Å². The van der Waals surface area contributed by atoms with E-state index in [4.69, 9.17) is 0 Å². The summed E-state index contributed by atoms with van der Waals surface area (Å²) in [6, 6.07) is 9.81. The van der Waals surface area contributed by atoms with Gasteiger partial charge in [0, 0.05) is 29.6 Å². The molecular formula is C16H16N2O. The Balaban J connectivity index is 1.75. The van der Waals surface area contributed by atoms with Gasteiger partial charge in [0.15, 0.2) is 0 Å². The standard InChI is InChI=1S/C16H16N2O/c1-11-8-13(12-4-2-3-5-14(12)17-11)15(19)18-9-16(10-18)6-7-16/h2-5,8H,6-7,9-10H2,1H3. The molecule has 2 aromatic rings. The fourth-order valence-electron chi connectivity index (χ4n) is 3.06. The summed E-state index contributed by atoms with van der Waals surface area (Å²) in [5.41, 5.74) is 3.13. The number of pyridine rings is 1. The number of benzene rings is 1. The van der Waals surface area contributed by atoms with Gasteiger partial charge in [-0.2, -0.15) is 0 Å². The molecule has 96 valence electrons. The van der Waals surface area contributed by atoms with Crippen molar-refractivity contribution in [2.24, 2.45) is 5.41 Å². The Labute approximate surface area is 112 Å². The average molecular weight is 252 g/mol. The van der Waals surface area contributed by atoms with E-state index in [9.17, 15) is 4.79 Å².